The van der Waals surface area contributed by atoms with Gasteiger partial charge in [-0.1, -0.05) is 26.0 Å². The van der Waals surface area contributed by atoms with Gasteiger partial charge in [0.2, 0.25) is 0 Å². The Morgan fingerprint density at radius 3 is 2.90 bits per heavy atom. The molecule has 1 aliphatic carbocycles. The van der Waals surface area contributed by atoms with E-state index >= 15 is 0 Å². The van der Waals surface area contributed by atoms with Gasteiger partial charge in [0.25, 0.3) is 0 Å². The first-order valence-electron chi connectivity index (χ1n) is 7.96. The van der Waals surface area contributed by atoms with Gasteiger partial charge in [-0.2, -0.15) is 0 Å². The molecule has 1 aromatic carbocycles. The van der Waals surface area contributed by atoms with Crippen molar-refractivity contribution in [2.75, 3.05) is 7.11 Å². The second-order valence-corrected chi connectivity index (χ2v) is 6.47. The maximum Gasteiger partial charge on any atom is 0.176 e. The van der Waals surface area contributed by atoms with Gasteiger partial charge in [-0.3, -0.25) is 0 Å². The van der Waals surface area contributed by atoms with Crippen LogP contribution in [-0.4, -0.2) is 13.2 Å². The molecular formula is C18H25NO2. The molecule has 0 aliphatic heterocycles. The van der Waals surface area contributed by atoms with E-state index < -0.39 is 0 Å². The van der Waals surface area contributed by atoms with E-state index in [0.717, 1.165) is 40.9 Å². The van der Waals surface area contributed by atoms with Crippen LogP contribution in [0.3, 0.4) is 0 Å². The monoisotopic (exact) mass is 287 g/mol. The van der Waals surface area contributed by atoms with Gasteiger partial charge in [-0.05, 0) is 43.2 Å². The van der Waals surface area contributed by atoms with Crippen molar-refractivity contribution in [3.05, 3.63) is 30.0 Å². The van der Waals surface area contributed by atoms with Gasteiger partial charge in [0.15, 0.2) is 11.3 Å². The number of ether oxygens (including phenoxy) is 1. The van der Waals surface area contributed by atoms with Crippen LogP contribution in [0.4, 0.5) is 0 Å². The second-order valence-electron chi connectivity index (χ2n) is 6.47. The van der Waals surface area contributed by atoms with Crippen LogP contribution in [-0.2, 0) is 6.54 Å². The van der Waals surface area contributed by atoms with E-state index in [2.05, 4.69) is 31.3 Å². The third-order valence-electron chi connectivity index (χ3n) is 4.75. The lowest BCUT2D eigenvalue weighted by Gasteiger charge is -2.33. The van der Waals surface area contributed by atoms with Crippen LogP contribution in [0.5, 0.6) is 5.75 Å². The lowest BCUT2D eigenvalue weighted by molar-refractivity contribution is 0.224. The molecule has 0 saturated heterocycles. The van der Waals surface area contributed by atoms with Gasteiger partial charge in [-0.25, -0.2) is 0 Å². The number of furan rings is 1. The van der Waals surface area contributed by atoms with Crippen molar-refractivity contribution < 1.29 is 9.15 Å². The van der Waals surface area contributed by atoms with E-state index in [9.17, 15) is 0 Å². The first kappa shape index (κ1) is 14.5. The summed E-state index contributed by atoms with van der Waals surface area (Å²) in [4.78, 5) is 0. The summed E-state index contributed by atoms with van der Waals surface area (Å²) in [6.07, 6.45) is 3.92. The predicted molar refractivity (Wildman–Crippen MR) is 85.6 cm³/mol. The van der Waals surface area contributed by atoms with E-state index in [4.69, 9.17) is 9.15 Å². The molecule has 1 fully saturated rings. The third-order valence-corrected chi connectivity index (χ3v) is 4.75. The minimum absolute atomic E-state index is 0.608. The number of rotatable bonds is 4. The highest BCUT2D eigenvalue weighted by Crippen LogP contribution is 2.30. The van der Waals surface area contributed by atoms with Crippen molar-refractivity contribution in [2.24, 2.45) is 11.8 Å². The summed E-state index contributed by atoms with van der Waals surface area (Å²) < 4.78 is 11.3. The smallest absolute Gasteiger partial charge is 0.176 e. The van der Waals surface area contributed by atoms with Gasteiger partial charge >= 0.3 is 0 Å². The molecular weight excluding hydrogens is 262 g/mol. The van der Waals surface area contributed by atoms with Crippen LogP contribution in [0.15, 0.2) is 28.7 Å². The Hall–Kier alpha value is -1.48. The average molecular weight is 287 g/mol. The summed E-state index contributed by atoms with van der Waals surface area (Å²) >= 11 is 0. The minimum atomic E-state index is 0.608. The lowest BCUT2D eigenvalue weighted by Crippen LogP contribution is -2.38. The van der Waals surface area contributed by atoms with Crippen LogP contribution in [0.1, 0.15) is 38.9 Å². The van der Waals surface area contributed by atoms with Crippen molar-refractivity contribution in [1.82, 2.24) is 5.32 Å². The van der Waals surface area contributed by atoms with Gasteiger partial charge in [0.05, 0.1) is 13.7 Å². The molecule has 2 aromatic rings. The zero-order chi connectivity index (χ0) is 14.8. The molecule has 114 valence electrons. The van der Waals surface area contributed by atoms with Crippen molar-refractivity contribution in [3.63, 3.8) is 0 Å². The van der Waals surface area contributed by atoms with E-state index in [-0.39, 0.29) is 0 Å². The Labute approximate surface area is 126 Å². The molecule has 1 aromatic heterocycles. The average Bonchev–Trinajstić information content (AvgIpc) is 2.89. The Morgan fingerprint density at radius 2 is 2.14 bits per heavy atom. The molecule has 1 heterocycles. The Kier molecular flexibility index (Phi) is 4.20. The summed E-state index contributed by atoms with van der Waals surface area (Å²) in [6, 6.07) is 8.72. The fourth-order valence-corrected chi connectivity index (χ4v) is 3.54. The van der Waals surface area contributed by atoms with E-state index in [0.29, 0.717) is 6.04 Å². The first-order valence-corrected chi connectivity index (χ1v) is 7.96. The number of nitrogens with one attached hydrogen (secondary N) is 1. The van der Waals surface area contributed by atoms with Crippen molar-refractivity contribution in [2.45, 2.75) is 45.7 Å². The summed E-state index contributed by atoms with van der Waals surface area (Å²) in [6.45, 7) is 5.51. The second kappa shape index (κ2) is 6.10. The first-order chi connectivity index (χ1) is 10.2. The summed E-state index contributed by atoms with van der Waals surface area (Å²) in [5.41, 5.74) is 0.849. The summed E-state index contributed by atoms with van der Waals surface area (Å²) in [5, 5.41) is 4.78. The van der Waals surface area contributed by atoms with Crippen LogP contribution < -0.4 is 10.1 Å². The topological polar surface area (TPSA) is 34.4 Å². The van der Waals surface area contributed by atoms with Crippen LogP contribution in [0, 0.1) is 11.8 Å². The van der Waals surface area contributed by atoms with Gasteiger partial charge in [0.1, 0.15) is 5.76 Å². The molecule has 3 unspecified atom stereocenters. The van der Waals surface area contributed by atoms with Gasteiger partial charge in [0, 0.05) is 11.4 Å². The molecule has 0 spiro atoms. The maximum absolute atomic E-state index is 5.95. The van der Waals surface area contributed by atoms with E-state index in [1.807, 2.05) is 12.1 Å². The SMILES string of the molecule is COc1cccc2cc(CNC3CCC(C)CC3C)oc12. The lowest BCUT2D eigenvalue weighted by atomic mass is 9.80. The molecule has 3 heteroatoms. The zero-order valence-electron chi connectivity index (χ0n) is 13.2. The minimum Gasteiger partial charge on any atom is -0.493 e. The number of hydrogen-bond acceptors (Lipinski definition) is 3. The number of methoxy groups -OCH3 is 1. The molecule has 1 N–H and O–H groups in total. The fraction of sp³-hybridized carbons (Fsp3) is 0.556. The van der Waals surface area contributed by atoms with Crippen molar-refractivity contribution in [3.8, 4) is 5.75 Å². The van der Waals surface area contributed by atoms with Crippen LogP contribution in [0.2, 0.25) is 0 Å². The molecule has 1 saturated carbocycles. The molecule has 1 aliphatic rings. The highest BCUT2D eigenvalue weighted by Gasteiger charge is 2.25. The predicted octanol–water partition coefficient (Wildman–Crippen LogP) is 4.36. The summed E-state index contributed by atoms with van der Waals surface area (Å²) in [5.74, 6) is 3.40. The number of benzene rings is 1. The molecule has 3 nitrogen and oxygen atoms in total. The van der Waals surface area contributed by atoms with Crippen LogP contribution in [0.25, 0.3) is 11.0 Å². The molecule has 0 radical (unpaired) electrons. The Balaban J connectivity index is 1.68. The standard InChI is InChI=1S/C18H25NO2/c1-12-7-8-16(13(2)9-12)19-11-15-10-14-5-4-6-17(20-3)18(14)21-15/h4-6,10,12-13,16,19H,7-9,11H2,1-3H3. The van der Waals surface area contributed by atoms with Gasteiger partial charge < -0.3 is 14.5 Å². The highest BCUT2D eigenvalue weighted by molar-refractivity contribution is 5.83. The Morgan fingerprint density at radius 1 is 1.29 bits per heavy atom. The molecule has 3 rings (SSSR count). The van der Waals surface area contributed by atoms with Gasteiger partial charge in [-0.15, -0.1) is 0 Å². The molecule has 0 bridgehead atoms. The van der Waals surface area contributed by atoms with E-state index in [1.54, 1.807) is 7.11 Å². The van der Waals surface area contributed by atoms with Crippen LogP contribution >= 0.6 is 0 Å². The van der Waals surface area contributed by atoms with E-state index in [1.165, 1.54) is 19.3 Å². The quantitative estimate of drug-likeness (QED) is 0.907. The zero-order valence-corrected chi connectivity index (χ0v) is 13.2. The number of fused-ring (bicyclic) bond motifs is 1. The van der Waals surface area contributed by atoms with Crippen molar-refractivity contribution >= 4 is 11.0 Å². The molecule has 0 amide bonds. The third kappa shape index (κ3) is 3.08. The number of hydrogen-bond donors (Lipinski definition) is 1. The molecule has 3 atom stereocenters. The molecule has 21 heavy (non-hydrogen) atoms. The normalized spacial score (nSPS) is 26.1. The Bertz CT molecular complexity index is 604. The highest BCUT2D eigenvalue weighted by atomic mass is 16.5. The largest absolute Gasteiger partial charge is 0.493 e. The maximum atomic E-state index is 5.95. The number of para-hydroxylation sites is 1. The van der Waals surface area contributed by atoms with Crippen molar-refractivity contribution in [1.29, 1.82) is 0 Å². The summed E-state index contributed by atoms with van der Waals surface area (Å²) in [7, 11) is 1.68. The fourth-order valence-electron chi connectivity index (χ4n) is 3.54.